The SMILES string of the molecule is C=C(C)Cn1nc(C)c(CN2CCc3nc(-c4ccncc4)[nH]c(=O)c3C2)c1C. The molecule has 0 unspecified atom stereocenters. The van der Waals surface area contributed by atoms with Crippen molar-refractivity contribution in [1.82, 2.24) is 29.6 Å². The molecule has 1 aliphatic rings. The number of aryl methyl sites for hydroxylation is 1. The van der Waals surface area contributed by atoms with Gasteiger partial charge >= 0.3 is 0 Å². The van der Waals surface area contributed by atoms with Crippen LogP contribution in [0.2, 0.25) is 0 Å². The number of hydrogen-bond acceptors (Lipinski definition) is 5. The van der Waals surface area contributed by atoms with Gasteiger partial charge in [0.05, 0.1) is 23.5 Å². The Hall–Kier alpha value is -3.06. The summed E-state index contributed by atoms with van der Waals surface area (Å²) in [4.78, 5) is 26.7. The van der Waals surface area contributed by atoms with E-state index in [9.17, 15) is 4.79 Å². The van der Waals surface area contributed by atoms with Gasteiger partial charge in [-0.3, -0.25) is 19.4 Å². The molecule has 1 aliphatic heterocycles. The van der Waals surface area contributed by atoms with Crippen LogP contribution < -0.4 is 5.56 Å². The summed E-state index contributed by atoms with van der Waals surface area (Å²) in [5.41, 5.74) is 6.98. The van der Waals surface area contributed by atoms with Gasteiger partial charge < -0.3 is 4.98 Å². The molecule has 7 heteroatoms. The first-order valence-corrected chi connectivity index (χ1v) is 9.84. The molecule has 150 valence electrons. The summed E-state index contributed by atoms with van der Waals surface area (Å²) in [5, 5.41) is 4.67. The lowest BCUT2D eigenvalue weighted by molar-refractivity contribution is 0.241. The van der Waals surface area contributed by atoms with E-state index in [-0.39, 0.29) is 5.56 Å². The van der Waals surface area contributed by atoms with Crippen molar-refractivity contribution in [3.05, 3.63) is 75.2 Å². The van der Waals surface area contributed by atoms with Crippen LogP contribution in [0.15, 0.2) is 41.5 Å². The van der Waals surface area contributed by atoms with E-state index in [1.54, 1.807) is 12.4 Å². The van der Waals surface area contributed by atoms with Gasteiger partial charge in [0.15, 0.2) is 0 Å². The summed E-state index contributed by atoms with van der Waals surface area (Å²) in [6.45, 7) is 13.1. The lowest BCUT2D eigenvalue weighted by Crippen LogP contribution is -2.35. The maximum absolute atomic E-state index is 12.8. The van der Waals surface area contributed by atoms with Crippen LogP contribution in [0.5, 0.6) is 0 Å². The number of aromatic amines is 1. The molecule has 0 amide bonds. The van der Waals surface area contributed by atoms with Crippen LogP contribution in [-0.4, -0.2) is 36.2 Å². The van der Waals surface area contributed by atoms with Crippen molar-refractivity contribution >= 4 is 0 Å². The zero-order valence-corrected chi connectivity index (χ0v) is 17.2. The summed E-state index contributed by atoms with van der Waals surface area (Å²) in [6.07, 6.45) is 4.17. The van der Waals surface area contributed by atoms with Crippen molar-refractivity contribution in [2.75, 3.05) is 6.54 Å². The minimum atomic E-state index is -0.0575. The van der Waals surface area contributed by atoms with E-state index in [1.165, 1.54) is 5.56 Å². The molecule has 4 heterocycles. The van der Waals surface area contributed by atoms with Crippen LogP contribution in [0.1, 0.15) is 35.1 Å². The second-order valence-electron chi connectivity index (χ2n) is 7.80. The first-order chi connectivity index (χ1) is 13.9. The highest BCUT2D eigenvalue weighted by atomic mass is 16.1. The van der Waals surface area contributed by atoms with Crippen LogP contribution in [0, 0.1) is 13.8 Å². The van der Waals surface area contributed by atoms with Gasteiger partial charge in [-0.15, -0.1) is 0 Å². The highest BCUT2D eigenvalue weighted by Gasteiger charge is 2.23. The molecule has 3 aromatic rings. The van der Waals surface area contributed by atoms with E-state index in [0.29, 0.717) is 12.4 Å². The van der Waals surface area contributed by atoms with E-state index in [4.69, 9.17) is 4.98 Å². The van der Waals surface area contributed by atoms with Gasteiger partial charge in [0.1, 0.15) is 5.82 Å². The zero-order valence-electron chi connectivity index (χ0n) is 17.2. The molecule has 7 nitrogen and oxygen atoms in total. The number of rotatable bonds is 5. The molecule has 0 atom stereocenters. The first kappa shape index (κ1) is 19.3. The number of H-pyrrole nitrogens is 1. The molecular formula is C22H26N6O. The van der Waals surface area contributed by atoms with Gasteiger partial charge in [0.2, 0.25) is 0 Å². The lowest BCUT2D eigenvalue weighted by atomic mass is 10.0. The molecule has 0 saturated carbocycles. The Morgan fingerprint density at radius 3 is 2.76 bits per heavy atom. The van der Waals surface area contributed by atoms with Crippen LogP contribution in [0.3, 0.4) is 0 Å². The Balaban J connectivity index is 1.56. The first-order valence-electron chi connectivity index (χ1n) is 9.84. The zero-order chi connectivity index (χ0) is 20.5. The fourth-order valence-electron chi connectivity index (χ4n) is 3.86. The van der Waals surface area contributed by atoms with Crippen molar-refractivity contribution in [3.8, 4) is 11.4 Å². The van der Waals surface area contributed by atoms with Crippen LogP contribution in [0.4, 0.5) is 0 Å². The van der Waals surface area contributed by atoms with E-state index in [0.717, 1.165) is 59.8 Å². The van der Waals surface area contributed by atoms with Crippen LogP contribution >= 0.6 is 0 Å². The minimum Gasteiger partial charge on any atom is -0.306 e. The van der Waals surface area contributed by atoms with Gasteiger partial charge in [0, 0.05) is 55.3 Å². The quantitative estimate of drug-likeness (QED) is 0.678. The van der Waals surface area contributed by atoms with Crippen molar-refractivity contribution in [2.45, 2.75) is 46.8 Å². The maximum Gasteiger partial charge on any atom is 0.255 e. The molecule has 0 radical (unpaired) electrons. The average Bonchev–Trinajstić information content (AvgIpc) is 2.95. The predicted octanol–water partition coefficient (Wildman–Crippen LogP) is 2.78. The Labute approximate surface area is 170 Å². The van der Waals surface area contributed by atoms with Crippen molar-refractivity contribution in [3.63, 3.8) is 0 Å². The van der Waals surface area contributed by atoms with Crippen molar-refractivity contribution in [2.24, 2.45) is 0 Å². The molecule has 0 aliphatic carbocycles. The monoisotopic (exact) mass is 390 g/mol. The largest absolute Gasteiger partial charge is 0.306 e. The number of fused-ring (bicyclic) bond motifs is 1. The molecule has 0 fully saturated rings. The average molecular weight is 390 g/mol. The van der Waals surface area contributed by atoms with Gasteiger partial charge in [-0.2, -0.15) is 5.10 Å². The molecule has 0 saturated heterocycles. The predicted molar refractivity (Wildman–Crippen MR) is 112 cm³/mol. The van der Waals surface area contributed by atoms with Gasteiger partial charge in [0.25, 0.3) is 5.56 Å². The van der Waals surface area contributed by atoms with Gasteiger partial charge in [-0.25, -0.2) is 4.98 Å². The maximum atomic E-state index is 12.8. The van der Waals surface area contributed by atoms with E-state index in [1.807, 2.05) is 30.7 Å². The van der Waals surface area contributed by atoms with E-state index < -0.39 is 0 Å². The standard InChI is InChI=1S/C22H26N6O/c1-14(2)11-28-16(4)18(15(3)26-28)12-27-10-7-20-19(13-27)22(29)25-21(24-20)17-5-8-23-9-6-17/h5-6,8-9H,1,7,10-13H2,2-4H3,(H,24,25,29). The normalized spacial score (nSPS) is 14.0. The smallest absolute Gasteiger partial charge is 0.255 e. The molecule has 29 heavy (non-hydrogen) atoms. The Kier molecular flexibility index (Phi) is 5.15. The van der Waals surface area contributed by atoms with Gasteiger partial charge in [-0.1, -0.05) is 12.2 Å². The van der Waals surface area contributed by atoms with E-state index in [2.05, 4.69) is 33.5 Å². The highest BCUT2D eigenvalue weighted by Crippen LogP contribution is 2.22. The van der Waals surface area contributed by atoms with Crippen LogP contribution in [0.25, 0.3) is 11.4 Å². The molecule has 0 spiro atoms. The third-order valence-electron chi connectivity index (χ3n) is 5.43. The third-order valence-corrected chi connectivity index (χ3v) is 5.43. The molecule has 0 aromatic carbocycles. The van der Waals surface area contributed by atoms with Crippen LogP contribution in [-0.2, 0) is 26.1 Å². The van der Waals surface area contributed by atoms with Crippen molar-refractivity contribution in [1.29, 1.82) is 0 Å². The molecule has 3 aromatic heterocycles. The van der Waals surface area contributed by atoms with Gasteiger partial charge in [-0.05, 0) is 32.9 Å². The number of aromatic nitrogens is 5. The summed E-state index contributed by atoms with van der Waals surface area (Å²) < 4.78 is 2.01. The summed E-state index contributed by atoms with van der Waals surface area (Å²) in [7, 11) is 0. The fraction of sp³-hybridized carbons (Fsp3) is 0.364. The molecule has 0 bridgehead atoms. The Morgan fingerprint density at radius 1 is 1.28 bits per heavy atom. The van der Waals surface area contributed by atoms with Crippen molar-refractivity contribution < 1.29 is 0 Å². The Bertz CT molecular complexity index is 1110. The highest BCUT2D eigenvalue weighted by molar-refractivity contribution is 5.54. The summed E-state index contributed by atoms with van der Waals surface area (Å²) in [5.74, 6) is 0.609. The molecule has 4 rings (SSSR count). The minimum absolute atomic E-state index is 0.0575. The second kappa shape index (κ2) is 7.75. The fourth-order valence-corrected chi connectivity index (χ4v) is 3.86. The summed E-state index contributed by atoms with van der Waals surface area (Å²) >= 11 is 0. The Morgan fingerprint density at radius 2 is 2.03 bits per heavy atom. The number of hydrogen-bond donors (Lipinski definition) is 1. The number of allylic oxidation sites excluding steroid dienone is 1. The third kappa shape index (κ3) is 3.91. The molecule has 1 N–H and O–H groups in total. The number of nitrogens with one attached hydrogen (secondary N) is 1. The topological polar surface area (TPSA) is 79.7 Å². The second-order valence-corrected chi connectivity index (χ2v) is 7.80. The van der Waals surface area contributed by atoms with E-state index >= 15 is 0 Å². The number of nitrogens with zero attached hydrogens (tertiary/aromatic N) is 5. The number of pyridine rings is 1. The lowest BCUT2D eigenvalue weighted by Gasteiger charge is -2.27. The summed E-state index contributed by atoms with van der Waals surface area (Å²) in [6, 6.07) is 3.71. The molecular weight excluding hydrogens is 364 g/mol.